The van der Waals surface area contributed by atoms with Crippen LogP contribution >= 0.6 is 0 Å². The quantitative estimate of drug-likeness (QED) is 0.670. The lowest BCUT2D eigenvalue weighted by atomic mass is 10.1. The molecule has 1 aliphatic rings. The van der Waals surface area contributed by atoms with E-state index in [1.807, 2.05) is 19.1 Å². The molecule has 0 radical (unpaired) electrons. The number of nitrogens with zero attached hydrogens (tertiary/aromatic N) is 2. The van der Waals surface area contributed by atoms with Crippen molar-refractivity contribution in [2.75, 3.05) is 6.54 Å². The molecule has 2 aromatic rings. The maximum atomic E-state index is 13.1. The third-order valence-electron chi connectivity index (χ3n) is 4.77. The van der Waals surface area contributed by atoms with Crippen molar-refractivity contribution in [1.82, 2.24) is 14.9 Å². The van der Waals surface area contributed by atoms with Gasteiger partial charge >= 0.3 is 5.97 Å². The van der Waals surface area contributed by atoms with Crippen LogP contribution in [0.15, 0.2) is 23.1 Å². The Kier molecular flexibility index (Phi) is 6.45. The fraction of sp³-hybridized carbons (Fsp3) is 0.455. The van der Waals surface area contributed by atoms with E-state index >= 15 is 0 Å². The summed E-state index contributed by atoms with van der Waals surface area (Å²) in [5.74, 6) is -1.92. The van der Waals surface area contributed by atoms with Crippen LogP contribution in [0.1, 0.15) is 60.6 Å². The summed E-state index contributed by atoms with van der Waals surface area (Å²) in [5.41, 5.74) is 0.819. The van der Waals surface area contributed by atoms with Crippen molar-refractivity contribution in [3.63, 3.8) is 0 Å². The number of pyridine rings is 2. The number of carbonyl (C=O) groups is 2. The topological polar surface area (TPSA) is 120 Å². The lowest BCUT2D eigenvalue weighted by Crippen LogP contribution is -2.38. The molecule has 31 heavy (non-hydrogen) atoms. The molecule has 0 saturated carbocycles. The number of esters is 1. The second-order valence-corrected chi connectivity index (χ2v) is 8.31. The summed E-state index contributed by atoms with van der Waals surface area (Å²) in [4.78, 5) is 42.1. The lowest BCUT2D eigenvalue weighted by Gasteiger charge is -2.20. The van der Waals surface area contributed by atoms with Crippen molar-refractivity contribution in [2.45, 2.75) is 59.5 Å². The average Bonchev–Trinajstić information content (AvgIpc) is 3.19. The second-order valence-electron chi connectivity index (χ2n) is 8.31. The molecule has 0 atom stereocenters. The first kappa shape index (κ1) is 22.5. The molecule has 3 heterocycles. The molecule has 3 rings (SSSR count). The maximum absolute atomic E-state index is 13.1. The highest BCUT2D eigenvalue weighted by atomic mass is 16.6. The van der Waals surface area contributed by atoms with E-state index < -0.39 is 40.9 Å². The van der Waals surface area contributed by atoms with E-state index in [0.29, 0.717) is 11.3 Å². The minimum absolute atomic E-state index is 0.0841. The Morgan fingerprint density at radius 2 is 2.03 bits per heavy atom. The number of rotatable bonds is 6. The Balaban J connectivity index is 1.90. The van der Waals surface area contributed by atoms with Crippen molar-refractivity contribution in [3.05, 3.63) is 56.8 Å². The van der Waals surface area contributed by atoms with Gasteiger partial charge in [0.05, 0.1) is 25.5 Å². The molecule has 9 nitrogen and oxygen atoms in total. The zero-order valence-corrected chi connectivity index (χ0v) is 18.2. The molecule has 1 aliphatic heterocycles. The largest absolute Gasteiger partial charge is 0.506 e. The molecule has 0 bridgehead atoms. The van der Waals surface area contributed by atoms with E-state index in [1.54, 1.807) is 27.0 Å². The van der Waals surface area contributed by atoms with Crippen molar-refractivity contribution in [2.24, 2.45) is 0 Å². The third kappa shape index (κ3) is 5.11. The number of fused-ring (bicyclic) bond motifs is 1. The molecule has 0 aliphatic carbocycles. The fourth-order valence-electron chi connectivity index (χ4n) is 3.31. The third-order valence-corrected chi connectivity index (χ3v) is 4.77. The molecule has 0 aromatic carbocycles. The number of nitrogens with one attached hydrogen (secondary N) is 1. The van der Waals surface area contributed by atoms with E-state index in [9.17, 15) is 19.5 Å². The summed E-state index contributed by atoms with van der Waals surface area (Å²) in [7, 11) is 0. The van der Waals surface area contributed by atoms with Crippen LogP contribution in [-0.2, 0) is 40.4 Å². The number of amides is 1. The monoisotopic (exact) mass is 429 g/mol. The van der Waals surface area contributed by atoms with Crippen LogP contribution < -0.4 is 10.9 Å². The van der Waals surface area contributed by atoms with Crippen LogP contribution in [0.4, 0.5) is 0 Å². The van der Waals surface area contributed by atoms with Gasteiger partial charge in [0.2, 0.25) is 0 Å². The smallest absolute Gasteiger partial charge is 0.325 e. The molecule has 166 valence electrons. The van der Waals surface area contributed by atoms with Crippen molar-refractivity contribution < 1.29 is 24.2 Å². The van der Waals surface area contributed by atoms with E-state index in [1.165, 1.54) is 4.57 Å². The predicted molar refractivity (Wildman–Crippen MR) is 112 cm³/mol. The Morgan fingerprint density at radius 3 is 2.65 bits per heavy atom. The SMILES string of the molecule is CCc1ccc(Cn2c3c(c(O)c(C(=O)NCC(=O)OC(C)(C)C)c2=O)COC3)cn1. The van der Waals surface area contributed by atoms with Gasteiger partial charge in [0.15, 0.2) is 0 Å². The van der Waals surface area contributed by atoms with Gasteiger partial charge in [-0.1, -0.05) is 13.0 Å². The Labute approximate surface area is 180 Å². The highest BCUT2D eigenvalue weighted by Crippen LogP contribution is 2.30. The van der Waals surface area contributed by atoms with Crippen LogP contribution in [0.25, 0.3) is 0 Å². The maximum Gasteiger partial charge on any atom is 0.325 e. The van der Waals surface area contributed by atoms with E-state index in [-0.39, 0.29) is 19.8 Å². The summed E-state index contributed by atoms with van der Waals surface area (Å²) < 4.78 is 12.0. The van der Waals surface area contributed by atoms with Crippen LogP contribution in [-0.4, -0.2) is 38.7 Å². The van der Waals surface area contributed by atoms with Crippen molar-refractivity contribution in [1.29, 1.82) is 0 Å². The van der Waals surface area contributed by atoms with Gasteiger partial charge in [-0.2, -0.15) is 0 Å². The molecular weight excluding hydrogens is 402 g/mol. The van der Waals surface area contributed by atoms with Gasteiger partial charge in [0, 0.05) is 17.5 Å². The molecule has 2 N–H and O–H groups in total. The van der Waals surface area contributed by atoms with Crippen molar-refractivity contribution >= 4 is 11.9 Å². The van der Waals surface area contributed by atoms with E-state index in [2.05, 4.69) is 10.3 Å². The first-order valence-corrected chi connectivity index (χ1v) is 10.1. The number of hydrogen-bond donors (Lipinski definition) is 2. The Morgan fingerprint density at radius 1 is 1.29 bits per heavy atom. The highest BCUT2D eigenvalue weighted by Gasteiger charge is 2.29. The van der Waals surface area contributed by atoms with Gasteiger partial charge in [0.1, 0.15) is 23.5 Å². The normalized spacial score (nSPS) is 13.0. The Bertz CT molecular complexity index is 1050. The van der Waals surface area contributed by atoms with Crippen LogP contribution in [0.5, 0.6) is 5.75 Å². The second kappa shape index (κ2) is 8.89. The number of hydrogen-bond acceptors (Lipinski definition) is 7. The first-order chi connectivity index (χ1) is 14.6. The number of carbonyl (C=O) groups excluding carboxylic acids is 2. The molecule has 9 heteroatoms. The van der Waals surface area contributed by atoms with Gasteiger partial charge in [-0.15, -0.1) is 0 Å². The summed E-state index contributed by atoms with van der Waals surface area (Å²) in [6, 6.07) is 3.75. The molecule has 2 aromatic heterocycles. The molecule has 0 unspecified atom stereocenters. The summed E-state index contributed by atoms with van der Waals surface area (Å²) in [6.07, 6.45) is 2.48. The minimum atomic E-state index is -0.851. The van der Waals surface area contributed by atoms with Crippen molar-refractivity contribution in [3.8, 4) is 5.75 Å². The van der Waals surface area contributed by atoms with E-state index in [0.717, 1.165) is 17.7 Å². The van der Waals surface area contributed by atoms with Gasteiger partial charge in [-0.3, -0.25) is 19.4 Å². The molecule has 0 fully saturated rings. The zero-order chi connectivity index (χ0) is 22.8. The van der Waals surface area contributed by atoms with Crippen LogP contribution in [0.2, 0.25) is 0 Å². The molecule has 0 spiro atoms. The molecule has 1 amide bonds. The highest BCUT2D eigenvalue weighted by molar-refractivity contribution is 5.98. The number of ether oxygens (including phenoxy) is 2. The summed E-state index contributed by atoms with van der Waals surface area (Å²) in [5, 5.41) is 12.9. The van der Waals surface area contributed by atoms with Gasteiger partial charge in [-0.05, 0) is 38.8 Å². The number of aromatic hydroxyl groups is 1. The zero-order valence-electron chi connectivity index (χ0n) is 18.2. The van der Waals surface area contributed by atoms with Gasteiger partial charge in [0.25, 0.3) is 11.5 Å². The predicted octanol–water partition coefficient (Wildman–Crippen LogP) is 1.66. The summed E-state index contributed by atoms with van der Waals surface area (Å²) >= 11 is 0. The van der Waals surface area contributed by atoms with Crippen LogP contribution in [0, 0.1) is 0 Å². The number of aromatic nitrogens is 2. The minimum Gasteiger partial charge on any atom is -0.506 e. The standard InChI is InChI=1S/C22H27N3O6/c1-5-14-7-6-13(8-23-14)10-25-16-12-30-11-15(16)19(27)18(21(25)29)20(28)24-9-17(26)31-22(2,3)4/h6-8,27H,5,9-12H2,1-4H3,(H,24,28). The molecular formula is C22H27N3O6. The first-order valence-electron chi connectivity index (χ1n) is 10.1. The average molecular weight is 429 g/mol. The van der Waals surface area contributed by atoms with Gasteiger partial charge < -0.3 is 24.5 Å². The molecule has 0 saturated heterocycles. The Hall–Kier alpha value is -3.20. The lowest BCUT2D eigenvalue weighted by molar-refractivity contribution is -0.153. The number of aryl methyl sites for hydroxylation is 1. The summed E-state index contributed by atoms with van der Waals surface area (Å²) in [6.45, 7) is 7.11. The fourth-order valence-corrected chi connectivity index (χ4v) is 3.31. The van der Waals surface area contributed by atoms with Gasteiger partial charge in [-0.25, -0.2) is 0 Å². The van der Waals surface area contributed by atoms with E-state index in [4.69, 9.17) is 9.47 Å². The van der Waals surface area contributed by atoms with Crippen LogP contribution in [0.3, 0.4) is 0 Å².